The van der Waals surface area contributed by atoms with Gasteiger partial charge >= 0.3 is 18.1 Å². The van der Waals surface area contributed by atoms with E-state index < -0.39 is 30.1 Å². The van der Waals surface area contributed by atoms with Gasteiger partial charge in [-0.3, -0.25) is 9.59 Å². The van der Waals surface area contributed by atoms with Gasteiger partial charge in [0.25, 0.3) is 0 Å². The van der Waals surface area contributed by atoms with Crippen molar-refractivity contribution in [2.24, 2.45) is 5.73 Å². The van der Waals surface area contributed by atoms with Crippen molar-refractivity contribution in [3.05, 3.63) is 12.7 Å². The molecule has 92 valence electrons. The average Bonchev–Trinajstić information content (AvgIpc) is 2.14. The van der Waals surface area contributed by atoms with Gasteiger partial charge < -0.3 is 16.2 Å². The van der Waals surface area contributed by atoms with Gasteiger partial charge in [-0.15, -0.1) is 6.58 Å². The largest absolute Gasteiger partial charge is 0.480 e. The van der Waals surface area contributed by atoms with E-state index in [-0.39, 0.29) is 6.42 Å². The Morgan fingerprint density at radius 3 is 2.31 bits per heavy atom. The number of nitrogens with one attached hydrogen (secondary N) is 1. The first-order chi connectivity index (χ1) is 7.20. The van der Waals surface area contributed by atoms with Gasteiger partial charge in [0.15, 0.2) is 0 Å². The predicted molar refractivity (Wildman–Crippen MR) is 48.4 cm³/mol. The Bertz CT molecular complexity index is 291. The summed E-state index contributed by atoms with van der Waals surface area (Å²) >= 11 is 0. The maximum Gasteiger partial charge on any atom is 0.471 e. The average molecular weight is 240 g/mol. The molecule has 0 aromatic heterocycles. The lowest BCUT2D eigenvalue weighted by Crippen LogP contribution is -2.54. The number of carbonyl (C=O) groups is 2. The molecule has 16 heavy (non-hydrogen) atoms. The molecule has 8 heteroatoms. The Labute approximate surface area is 89.1 Å². The molecule has 0 saturated heterocycles. The summed E-state index contributed by atoms with van der Waals surface area (Å²) in [5.74, 6) is -3.73. The van der Waals surface area contributed by atoms with Gasteiger partial charge in [-0.05, 0) is 6.42 Å². The van der Waals surface area contributed by atoms with Gasteiger partial charge in [0.2, 0.25) is 0 Å². The highest BCUT2D eigenvalue weighted by Gasteiger charge is 2.41. The minimum absolute atomic E-state index is 0.171. The van der Waals surface area contributed by atoms with Crippen LogP contribution in [0, 0.1) is 0 Å². The molecule has 0 saturated carbocycles. The Kier molecular flexibility index (Phi) is 4.96. The molecule has 4 N–H and O–H groups in total. The first kappa shape index (κ1) is 14.4. The predicted octanol–water partition coefficient (Wildman–Crippen LogP) is 0.0215. The second-order valence-electron chi connectivity index (χ2n) is 2.97. The molecule has 1 amide bonds. The maximum absolute atomic E-state index is 11.9. The third-order valence-corrected chi connectivity index (χ3v) is 1.71. The molecule has 0 radical (unpaired) electrons. The van der Waals surface area contributed by atoms with Crippen LogP contribution >= 0.6 is 0 Å². The van der Waals surface area contributed by atoms with Crippen LogP contribution in [0.3, 0.4) is 0 Å². The molecule has 0 aliphatic rings. The minimum atomic E-state index is -5.07. The molecule has 0 bridgehead atoms. The Morgan fingerprint density at radius 2 is 2.00 bits per heavy atom. The molecular weight excluding hydrogens is 229 g/mol. The van der Waals surface area contributed by atoms with Crippen molar-refractivity contribution < 1.29 is 27.9 Å². The first-order valence-electron chi connectivity index (χ1n) is 4.17. The van der Waals surface area contributed by atoms with Crippen molar-refractivity contribution in [3.8, 4) is 0 Å². The standard InChI is InChI=1S/C8H11F3N2O3/c1-2-3-4(5(12)6(14)15)13-7(16)8(9,10)11/h2,4-5H,1,3,12H2,(H,13,16)(H,14,15). The summed E-state index contributed by atoms with van der Waals surface area (Å²) < 4.78 is 35.7. The fourth-order valence-electron chi connectivity index (χ4n) is 0.897. The number of hydrogen-bond acceptors (Lipinski definition) is 3. The molecule has 0 aromatic carbocycles. The molecular formula is C8H11F3N2O3. The van der Waals surface area contributed by atoms with Crippen LogP contribution in [0.25, 0.3) is 0 Å². The van der Waals surface area contributed by atoms with E-state index in [0.29, 0.717) is 0 Å². The zero-order valence-corrected chi connectivity index (χ0v) is 8.12. The summed E-state index contributed by atoms with van der Waals surface area (Å²) in [6, 6.07) is -2.96. The van der Waals surface area contributed by atoms with Crippen molar-refractivity contribution in [2.45, 2.75) is 24.7 Å². The van der Waals surface area contributed by atoms with E-state index in [4.69, 9.17) is 10.8 Å². The van der Waals surface area contributed by atoms with Gasteiger partial charge in [-0.1, -0.05) is 6.08 Å². The molecule has 0 aliphatic heterocycles. The lowest BCUT2D eigenvalue weighted by atomic mass is 10.1. The number of carboxylic acid groups (broad SMARTS) is 1. The number of alkyl halides is 3. The van der Waals surface area contributed by atoms with Crippen LogP contribution in [0.15, 0.2) is 12.7 Å². The summed E-state index contributed by atoms with van der Waals surface area (Å²) in [5, 5.41) is 10.0. The third-order valence-electron chi connectivity index (χ3n) is 1.71. The number of halogens is 3. The number of rotatable bonds is 5. The lowest BCUT2D eigenvalue weighted by Gasteiger charge is -2.21. The third kappa shape index (κ3) is 4.30. The monoisotopic (exact) mass is 240 g/mol. The number of carboxylic acids is 1. The normalized spacial score (nSPS) is 15.0. The zero-order chi connectivity index (χ0) is 12.9. The highest BCUT2D eigenvalue weighted by Crippen LogP contribution is 2.15. The quantitative estimate of drug-likeness (QED) is 0.591. The van der Waals surface area contributed by atoms with E-state index in [1.807, 2.05) is 0 Å². The summed E-state index contributed by atoms with van der Waals surface area (Å²) in [4.78, 5) is 21.0. The molecule has 0 rings (SSSR count). The van der Waals surface area contributed by atoms with Gasteiger partial charge in [0, 0.05) is 0 Å². The molecule has 0 fully saturated rings. The van der Waals surface area contributed by atoms with E-state index in [0.717, 1.165) is 0 Å². The van der Waals surface area contributed by atoms with E-state index in [9.17, 15) is 22.8 Å². The van der Waals surface area contributed by atoms with Gasteiger partial charge in [0.05, 0.1) is 6.04 Å². The number of aliphatic carboxylic acids is 1. The fraction of sp³-hybridized carbons (Fsp3) is 0.500. The minimum Gasteiger partial charge on any atom is -0.480 e. The second-order valence-corrected chi connectivity index (χ2v) is 2.97. The highest BCUT2D eigenvalue weighted by atomic mass is 19.4. The molecule has 2 atom stereocenters. The lowest BCUT2D eigenvalue weighted by molar-refractivity contribution is -0.174. The van der Waals surface area contributed by atoms with Crippen LogP contribution < -0.4 is 11.1 Å². The van der Waals surface area contributed by atoms with Gasteiger partial charge in [0.1, 0.15) is 6.04 Å². The van der Waals surface area contributed by atoms with Crippen LogP contribution in [0.5, 0.6) is 0 Å². The van der Waals surface area contributed by atoms with Crippen molar-refractivity contribution >= 4 is 11.9 Å². The molecule has 2 unspecified atom stereocenters. The molecule has 0 aromatic rings. The molecule has 0 heterocycles. The van der Waals surface area contributed by atoms with Crippen LogP contribution in [-0.2, 0) is 9.59 Å². The van der Waals surface area contributed by atoms with Crippen LogP contribution in [0.1, 0.15) is 6.42 Å². The number of hydrogen-bond donors (Lipinski definition) is 3. The summed E-state index contributed by atoms with van der Waals surface area (Å²) in [5.41, 5.74) is 5.11. The number of amides is 1. The van der Waals surface area contributed by atoms with Gasteiger partial charge in [-0.25, -0.2) is 0 Å². The highest BCUT2D eigenvalue weighted by molar-refractivity contribution is 5.83. The molecule has 5 nitrogen and oxygen atoms in total. The smallest absolute Gasteiger partial charge is 0.471 e. The van der Waals surface area contributed by atoms with E-state index in [1.165, 1.54) is 11.4 Å². The summed E-state index contributed by atoms with van der Waals surface area (Å²) in [7, 11) is 0. The van der Waals surface area contributed by atoms with Crippen molar-refractivity contribution in [1.82, 2.24) is 5.32 Å². The number of carbonyl (C=O) groups excluding carboxylic acids is 1. The van der Waals surface area contributed by atoms with Crippen LogP contribution in [-0.4, -0.2) is 35.2 Å². The van der Waals surface area contributed by atoms with Gasteiger partial charge in [-0.2, -0.15) is 13.2 Å². The fourth-order valence-corrected chi connectivity index (χ4v) is 0.897. The Morgan fingerprint density at radius 1 is 1.50 bits per heavy atom. The first-order valence-corrected chi connectivity index (χ1v) is 4.17. The summed E-state index contributed by atoms with van der Waals surface area (Å²) in [6.07, 6.45) is -4.07. The van der Waals surface area contributed by atoms with E-state index >= 15 is 0 Å². The topological polar surface area (TPSA) is 92.4 Å². The SMILES string of the molecule is C=CCC(NC(=O)C(F)(F)F)C(N)C(=O)O. The number of nitrogens with two attached hydrogens (primary N) is 1. The Hall–Kier alpha value is -1.57. The maximum atomic E-state index is 11.9. The van der Waals surface area contributed by atoms with Crippen LogP contribution in [0.4, 0.5) is 13.2 Å². The molecule has 0 spiro atoms. The van der Waals surface area contributed by atoms with E-state index in [1.54, 1.807) is 0 Å². The summed E-state index contributed by atoms with van der Waals surface area (Å²) in [6.45, 7) is 3.23. The van der Waals surface area contributed by atoms with Crippen molar-refractivity contribution in [2.75, 3.05) is 0 Å². The second kappa shape index (κ2) is 5.50. The zero-order valence-electron chi connectivity index (χ0n) is 8.12. The van der Waals surface area contributed by atoms with Crippen molar-refractivity contribution in [1.29, 1.82) is 0 Å². The van der Waals surface area contributed by atoms with E-state index in [2.05, 4.69) is 6.58 Å². The Balaban J connectivity index is 4.63. The molecule has 0 aliphatic carbocycles. The van der Waals surface area contributed by atoms with Crippen LogP contribution in [0.2, 0.25) is 0 Å². The van der Waals surface area contributed by atoms with Crippen molar-refractivity contribution in [3.63, 3.8) is 0 Å².